The number of carboxylic acid groups (broad SMARTS) is 1. The second-order valence-corrected chi connectivity index (χ2v) is 5.65. The number of carboxylic acids is 1. The third kappa shape index (κ3) is 2.19. The largest absolute Gasteiger partial charge is 0.478 e. The van der Waals surface area contributed by atoms with Gasteiger partial charge in [-0.05, 0) is 33.3 Å². The van der Waals surface area contributed by atoms with Crippen molar-refractivity contribution in [2.75, 3.05) is 0 Å². The highest BCUT2D eigenvalue weighted by atomic mass is 79.9. The molecule has 86 valence electrons. The number of halogens is 1. The highest BCUT2D eigenvalue weighted by molar-refractivity contribution is 9.11. The van der Waals surface area contributed by atoms with Crippen LogP contribution in [0.25, 0.3) is 0 Å². The number of hydrogen-bond donors (Lipinski definition) is 1. The minimum Gasteiger partial charge on any atom is -0.478 e. The predicted octanol–water partition coefficient (Wildman–Crippen LogP) is 3.29. The second kappa shape index (κ2) is 3.81. The molecule has 0 bridgehead atoms. The predicted molar refractivity (Wildman–Crippen MR) is 61.8 cm³/mol. The Labute approximate surface area is 98.6 Å². The van der Waals surface area contributed by atoms with Crippen molar-refractivity contribution < 1.29 is 14.6 Å². The lowest BCUT2D eigenvalue weighted by atomic mass is 9.81. The molecule has 0 aromatic carbocycles. The van der Waals surface area contributed by atoms with E-state index in [1.165, 1.54) is 0 Å². The van der Waals surface area contributed by atoms with Crippen molar-refractivity contribution in [2.24, 2.45) is 5.41 Å². The van der Waals surface area contributed by atoms with Crippen LogP contribution in [0, 0.1) is 5.41 Å². The molecule has 3 nitrogen and oxygen atoms in total. The molecular formula is C11H17BrO3. The highest BCUT2D eigenvalue weighted by Crippen LogP contribution is 2.46. The maximum atomic E-state index is 11.2. The molecule has 1 aliphatic heterocycles. The van der Waals surface area contributed by atoms with Crippen LogP contribution >= 0.6 is 15.9 Å². The smallest absolute Gasteiger partial charge is 0.348 e. The lowest BCUT2D eigenvalue weighted by Gasteiger charge is -2.24. The minimum absolute atomic E-state index is 0.0643. The van der Waals surface area contributed by atoms with Crippen molar-refractivity contribution in [1.82, 2.24) is 0 Å². The van der Waals surface area contributed by atoms with Crippen molar-refractivity contribution in [3.05, 3.63) is 10.2 Å². The summed E-state index contributed by atoms with van der Waals surface area (Å²) >= 11 is 3.32. The molecule has 0 aromatic rings. The van der Waals surface area contributed by atoms with Gasteiger partial charge in [0.05, 0.1) is 0 Å². The molecule has 1 unspecified atom stereocenters. The topological polar surface area (TPSA) is 46.5 Å². The number of hydrogen-bond acceptors (Lipinski definition) is 2. The van der Waals surface area contributed by atoms with Crippen molar-refractivity contribution in [3.63, 3.8) is 0 Å². The number of ether oxygens (including phenoxy) is 1. The van der Waals surface area contributed by atoms with E-state index in [4.69, 9.17) is 4.74 Å². The van der Waals surface area contributed by atoms with Gasteiger partial charge < -0.3 is 9.84 Å². The summed E-state index contributed by atoms with van der Waals surface area (Å²) in [5.74, 6) is -0.888. The van der Waals surface area contributed by atoms with E-state index in [1.54, 1.807) is 0 Å². The lowest BCUT2D eigenvalue weighted by molar-refractivity contribution is -0.157. The molecule has 0 fully saturated rings. The van der Waals surface area contributed by atoms with Crippen LogP contribution < -0.4 is 0 Å². The van der Waals surface area contributed by atoms with Gasteiger partial charge in [-0.2, -0.15) is 0 Å². The molecule has 0 amide bonds. The molecule has 1 atom stereocenters. The molecule has 1 aliphatic rings. The SMILES string of the molecule is CCC1(C(=O)O)CC(C(C)(C)C)=C(Br)O1. The first kappa shape index (κ1) is 12.6. The maximum absolute atomic E-state index is 11.2. The molecule has 0 saturated carbocycles. The summed E-state index contributed by atoms with van der Waals surface area (Å²) in [6, 6.07) is 0. The van der Waals surface area contributed by atoms with Gasteiger partial charge in [-0.25, -0.2) is 4.79 Å². The third-order valence-corrected chi connectivity index (χ3v) is 3.49. The molecule has 0 aliphatic carbocycles. The standard InChI is InChI=1S/C11H17BrO3/c1-5-11(9(13)14)6-7(8(12)15-11)10(2,3)4/h5-6H2,1-4H3,(H,13,14). The van der Waals surface area contributed by atoms with E-state index in [0.717, 1.165) is 5.57 Å². The van der Waals surface area contributed by atoms with Crippen molar-refractivity contribution in [1.29, 1.82) is 0 Å². The summed E-state index contributed by atoms with van der Waals surface area (Å²) in [6.07, 6.45) is 0.930. The Morgan fingerprint density at radius 2 is 2.13 bits per heavy atom. The summed E-state index contributed by atoms with van der Waals surface area (Å²) in [7, 11) is 0. The van der Waals surface area contributed by atoms with Gasteiger partial charge in [0.2, 0.25) is 5.60 Å². The van der Waals surface area contributed by atoms with Crippen molar-refractivity contribution in [3.8, 4) is 0 Å². The first-order valence-electron chi connectivity index (χ1n) is 5.04. The van der Waals surface area contributed by atoms with E-state index in [2.05, 4.69) is 36.7 Å². The summed E-state index contributed by atoms with van der Waals surface area (Å²) in [5, 5.41) is 9.19. The minimum atomic E-state index is -1.07. The van der Waals surface area contributed by atoms with Gasteiger partial charge in [0.15, 0.2) is 4.67 Å². The number of rotatable bonds is 2. The van der Waals surface area contributed by atoms with Gasteiger partial charge >= 0.3 is 5.97 Å². The zero-order valence-corrected chi connectivity index (χ0v) is 11.1. The van der Waals surface area contributed by atoms with E-state index < -0.39 is 11.6 Å². The van der Waals surface area contributed by atoms with Crippen LogP contribution in [0.5, 0.6) is 0 Å². The zero-order chi connectivity index (χ0) is 11.9. The summed E-state index contributed by atoms with van der Waals surface area (Å²) in [6.45, 7) is 8.00. The van der Waals surface area contributed by atoms with E-state index in [9.17, 15) is 9.90 Å². The lowest BCUT2D eigenvalue weighted by Crippen LogP contribution is -2.38. The van der Waals surface area contributed by atoms with Gasteiger partial charge in [-0.3, -0.25) is 0 Å². The fourth-order valence-corrected chi connectivity index (χ4v) is 2.70. The molecule has 0 spiro atoms. The van der Waals surface area contributed by atoms with E-state index in [1.807, 2.05) is 6.92 Å². The average molecular weight is 277 g/mol. The Balaban J connectivity index is 3.00. The first-order chi connectivity index (χ1) is 6.73. The monoisotopic (exact) mass is 276 g/mol. The van der Waals surface area contributed by atoms with E-state index in [-0.39, 0.29) is 5.41 Å². The Morgan fingerprint density at radius 3 is 2.33 bits per heavy atom. The van der Waals surface area contributed by atoms with Crippen LogP contribution in [0.4, 0.5) is 0 Å². The second-order valence-electron chi connectivity index (χ2n) is 4.93. The summed E-state index contributed by atoms with van der Waals surface area (Å²) in [4.78, 5) is 11.2. The molecule has 15 heavy (non-hydrogen) atoms. The summed E-state index contributed by atoms with van der Waals surface area (Å²) < 4.78 is 6.09. The summed E-state index contributed by atoms with van der Waals surface area (Å²) in [5.41, 5.74) is -0.0983. The van der Waals surface area contributed by atoms with Crippen LogP contribution in [0.2, 0.25) is 0 Å². The quantitative estimate of drug-likeness (QED) is 0.842. The molecule has 0 saturated heterocycles. The Morgan fingerprint density at radius 1 is 1.60 bits per heavy atom. The fourth-order valence-electron chi connectivity index (χ4n) is 1.65. The van der Waals surface area contributed by atoms with Crippen LogP contribution in [-0.4, -0.2) is 16.7 Å². The van der Waals surface area contributed by atoms with Crippen molar-refractivity contribution in [2.45, 2.75) is 46.1 Å². The Hall–Kier alpha value is -0.510. The first-order valence-corrected chi connectivity index (χ1v) is 5.84. The van der Waals surface area contributed by atoms with E-state index in [0.29, 0.717) is 17.5 Å². The van der Waals surface area contributed by atoms with Crippen LogP contribution in [0.3, 0.4) is 0 Å². The van der Waals surface area contributed by atoms with Gasteiger partial charge in [0.25, 0.3) is 0 Å². The van der Waals surface area contributed by atoms with Gasteiger partial charge in [0, 0.05) is 6.42 Å². The Kier molecular flexibility index (Phi) is 3.19. The molecular weight excluding hydrogens is 260 g/mol. The van der Waals surface area contributed by atoms with Gasteiger partial charge in [0.1, 0.15) is 0 Å². The van der Waals surface area contributed by atoms with Gasteiger partial charge in [-0.1, -0.05) is 27.7 Å². The van der Waals surface area contributed by atoms with Crippen LogP contribution in [-0.2, 0) is 9.53 Å². The molecule has 0 aromatic heterocycles. The number of aliphatic carboxylic acids is 1. The van der Waals surface area contributed by atoms with Gasteiger partial charge in [-0.15, -0.1) is 0 Å². The zero-order valence-electron chi connectivity index (χ0n) is 9.56. The van der Waals surface area contributed by atoms with Crippen LogP contribution in [0.1, 0.15) is 40.5 Å². The van der Waals surface area contributed by atoms with Crippen LogP contribution in [0.15, 0.2) is 10.2 Å². The number of carbonyl (C=O) groups is 1. The normalized spacial score (nSPS) is 26.7. The molecule has 0 radical (unpaired) electrons. The average Bonchev–Trinajstić information content (AvgIpc) is 2.43. The Bertz CT molecular complexity index is 314. The fraction of sp³-hybridized carbons (Fsp3) is 0.727. The van der Waals surface area contributed by atoms with Crippen molar-refractivity contribution >= 4 is 21.9 Å². The third-order valence-electron chi connectivity index (χ3n) is 2.85. The molecule has 1 rings (SSSR count). The molecule has 1 N–H and O–H groups in total. The molecule has 1 heterocycles. The molecule has 4 heteroatoms. The van der Waals surface area contributed by atoms with E-state index >= 15 is 0 Å². The maximum Gasteiger partial charge on any atom is 0.348 e. The highest BCUT2D eigenvalue weighted by Gasteiger charge is 2.48.